The topological polar surface area (TPSA) is 108 Å². The molecule has 2 N–H and O–H groups in total. The lowest BCUT2D eigenvalue weighted by Crippen LogP contribution is -2.55. The van der Waals surface area contributed by atoms with Gasteiger partial charge in [0.15, 0.2) is 0 Å². The van der Waals surface area contributed by atoms with Crippen LogP contribution in [0.15, 0.2) is 84.9 Å². The lowest BCUT2D eigenvalue weighted by Gasteiger charge is -2.37. The summed E-state index contributed by atoms with van der Waals surface area (Å²) < 4.78 is 6.23. The SMILES string of the molecule is CC(C)C[C@@H]1COc2ccccc2C(=O)N[C@H](C(=O)NCCC(c2ccccc2)c2ccccc2)CC(=O)N(C)[C@@H](CC(C)C)C(=O)N1C. The van der Waals surface area contributed by atoms with Gasteiger partial charge in [-0.3, -0.25) is 19.2 Å². The van der Waals surface area contributed by atoms with E-state index in [1.807, 2.05) is 50.2 Å². The summed E-state index contributed by atoms with van der Waals surface area (Å²) in [6.45, 7) is 8.68. The monoisotopic (exact) mass is 668 g/mol. The summed E-state index contributed by atoms with van der Waals surface area (Å²) in [7, 11) is 3.36. The van der Waals surface area contributed by atoms with Gasteiger partial charge in [0.2, 0.25) is 17.7 Å². The van der Waals surface area contributed by atoms with Gasteiger partial charge in [0.05, 0.1) is 18.0 Å². The highest BCUT2D eigenvalue weighted by Gasteiger charge is 2.36. The molecule has 0 aliphatic carbocycles. The van der Waals surface area contributed by atoms with Gasteiger partial charge in [-0.2, -0.15) is 0 Å². The van der Waals surface area contributed by atoms with Crippen LogP contribution in [-0.2, 0) is 14.4 Å². The van der Waals surface area contributed by atoms with Crippen LogP contribution >= 0.6 is 0 Å². The maximum absolute atomic E-state index is 14.1. The van der Waals surface area contributed by atoms with Crippen LogP contribution in [0, 0.1) is 11.8 Å². The number of nitrogens with zero attached hydrogens (tertiary/aromatic N) is 2. The quantitative estimate of drug-likeness (QED) is 0.290. The summed E-state index contributed by atoms with van der Waals surface area (Å²) in [4.78, 5) is 58.7. The summed E-state index contributed by atoms with van der Waals surface area (Å²) in [6.07, 6.45) is 1.44. The molecule has 9 heteroatoms. The van der Waals surface area contributed by atoms with E-state index in [4.69, 9.17) is 4.74 Å². The van der Waals surface area contributed by atoms with E-state index in [0.717, 1.165) is 11.1 Å². The van der Waals surface area contributed by atoms with Crippen molar-refractivity contribution in [2.75, 3.05) is 27.2 Å². The first-order valence-corrected chi connectivity index (χ1v) is 17.4. The number of ether oxygens (including phenoxy) is 1. The van der Waals surface area contributed by atoms with Gasteiger partial charge >= 0.3 is 0 Å². The fourth-order valence-electron chi connectivity index (χ4n) is 6.43. The Morgan fingerprint density at radius 2 is 1.39 bits per heavy atom. The normalized spacial score (nSPS) is 19.4. The van der Waals surface area contributed by atoms with Crippen LogP contribution in [-0.4, -0.2) is 78.8 Å². The zero-order chi connectivity index (χ0) is 35.5. The summed E-state index contributed by atoms with van der Waals surface area (Å²) in [5, 5.41) is 5.81. The van der Waals surface area contributed by atoms with Crippen molar-refractivity contribution in [2.45, 2.75) is 77.4 Å². The molecule has 0 saturated heterocycles. The van der Waals surface area contributed by atoms with Gasteiger partial charge in [-0.25, -0.2) is 0 Å². The number of rotatable bonds is 10. The average Bonchev–Trinajstić information content (AvgIpc) is 3.09. The Morgan fingerprint density at radius 3 is 1.98 bits per heavy atom. The van der Waals surface area contributed by atoms with E-state index >= 15 is 0 Å². The van der Waals surface area contributed by atoms with E-state index in [-0.39, 0.29) is 48.3 Å². The molecule has 0 fully saturated rings. The summed E-state index contributed by atoms with van der Waals surface area (Å²) in [5.41, 5.74) is 2.51. The van der Waals surface area contributed by atoms with Crippen molar-refractivity contribution in [2.24, 2.45) is 11.8 Å². The molecule has 9 nitrogen and oxygen atoms in total. The van der Waals surface area contributed by atoms with Crippen molar-refractivity contribution in [3.63, 3.8) is 0 Å². The second-order valence-corrected chi connectivity index (χ2v) is 13.9. The van der Waals surface area contributed by atoms with Gasteiger partial charge in [0.25, 0.3) is 5.91 Å². The first-order valence-electron chi connectivity index (χ1n) is 17.4. The van der Waals surface area contributed by atoms with Crippen LogP contribution in [0.1, 0.15) is 80.8 Å². The van der Waals surface area contributed by atoms with Crippen molar-refractivity contribution < 1.29 is 23.9 Å². The lowest BCUT2D eigenvalue weighted by atomic mass is 9.88. The van der Waals surface area contributed by atoms with E-state index in [1.165, 1.54) is 4.90 Å². The molecular formula is C40H52N4O5. The minimum absolute atomic E-state index is 0.0393. The van der Waals surface area contributed by atoms with Crippen molar-refractivity contribution in [3.8, 4) is 5.75 Å². The van der Waals surface area contributed by atoms with Gasteiger partial charge in [-0.15, -0.1) is 0 Å². The van der Waals surface area contributed by atoms with Crippen LogP contribution < -0.4 is 15.4 Å². The molecule has 3 aromatic rings. The number of hydrogen-bond donors (Lipinski definition) is 2. The number of nitrogens with one attached hydrogen (secondary N) is 2. The van der Waals surface area contributed by atoms with Crippen molar-refractivity contribution >= 4 is 23.6 Å². The summed E-state index contributed by atoms with van der Waals surface area (Å²) in [6, 6.07) is 24.9. The number of hydrogen-bond acceptors (Lipinski definition) is 5. The largest absolute Gasteiger partial charge is 0.491 e. The molecule has 3 atom stereocenters. The van der Waals surface area contributed by atoms with Crippen LogP contribution in [0.4, 0.5) is 0 Å². The number of carbonyl (C=O) groups excluding carboxylic acids is 4. The first-order chi connectivity index (χ1) is 23.5. The zero-order valence-corrected chi connectivity index (χ0v) is 29.7. The Hall–Kier alpha value is -4.66. The fraction of sp³-hybridized carbons (Fsp3) is 0.450. The maximum atomic E-state index is 14.1. The van der Waals surface area contributed by atoms with Crippen molar-refractivity contribution in [1.29, 1.82) is 0 Å². The second-order valence-electron chi connectivity index (χ2n) is 13.9. The number of benzene rings is 3. The minimum Gasteiger partial charge on any atom is -0.491 e. The van der Waals surface area contributed by atoms with Gasteiger partial charge in [-0.05, 0) is 54.4 Å². The van der Waals surface area contributed by atoms with Gasteiger partial charge in [-0.1, -0.05) is 100 Å². The average molecular weight is 669 g/mol. The third kappa shape index (κ3) is 10.2. The molecule has 49 heavy (non-hydrogen) atoms. The molecule has 0 spiro atoms. The maximum Gasteiger partial charge on any atom is 0.255 e. The Bertz CT molecular complexity index is 1500. The van der Waals surface area contributed by atoms with Crippen molar-refractivity contribution in [3.05, 3.63) is 102 Å². The van der Waals surface area contributed by atoms with Gasteiger partial charge in [0, 0.05) is 26.6 Å². The number of likely N-dealkylation sites (N-methyl/N-ethyl adjacent to an activating group) is 2. The minimum atomic E-state index is -1.17. The van der Waals surface area contributed by atoms with E-state index in [0.29, 0.717) is 31.6 Å². The Morgan fingerprint density at radius 1 is 0.816 bits per heavy atom. The molecule has 0 aromatic heterocycles. The first kappa shape index (κ1) is 37.2. The second kappa shape index (κ2) is 17.7. The molecule has 1 aliphatic rings. The number of carbonyl (C=O) groups is 4. The van der Waals surface area contributed by atoms with Crippen LogP contribution in [0.5, 0.6) is 5.75 Å². The molecule has 4 amide bonds. The Labute approximate surface area is 291 Å². The van der Waals surface area contributed by atoms with Crippen LogP contribution in [0.25, 0.3) is 0 Å². The molecule has 0 saturated carbocycles. The molecule has 3 aromatic carbocycles. The molecule has 4 rings (SSSR count). The highest BCUT2D eigenvalue weighted by molar-refractivity contribution is 6.01. The molecule has 0 bridgehead atoms. The van der Waals surface area contributed by atoms with E-state index in [1.54, 1.807) is 43.3 Å². The highest BCUT2D eigenvalue weighted by Crippen LogP contribution is 2.28. The highest BCUT2D eigenvalue weighted by atomic mass is 16.5. The van der Waals surface area contributed by atoms with E-state index in [9.17, 15) is 19.2 Å². The van der Waals surface area contributed by atoms with Crippen LogP contribution in [0.3, 0.4) is 0 Å². The molecule has 1 aliphatic heterocycles. The van der Waals surface area contributed by atoms with E-state index in [2.05, 4.69) is 48.7 Å². The third-order valence-corrected chi connectivity index (χ3v) is 9.18. The molecule has 0 unspecified atom stereocenters. The Balaban J connectivity index is 1.62. The summed E-state index contributed by atoms with van der Waals surface area (Å²) in [5.74, 6) is -0.773. The molecular weight excluding hydrogens is 616 g/mol. The molecule has 0 radical (unpaired) electrons. The van der Waals surface area contributed by atoms with Gasteiger partial charge in [0.1, 0.15) is 24.4 Å². The lowest BCUT2D eigenvalue weighted by molar-refractivity contribution is -0.147. The van der Waals surface area contributed by atoms with E-state index < -0.39 is 29.8 Å². The molecule has 262 valence electrons. The Kier molecular flexibility index (Phi) is 13.4. The zero-order valence-electron chi connectivity index (χ0n) is 29.7. The molecule has 1 heterocycles. The number of fused-ring (bicyclic) bond motifs is 1. The number of amides is 4. The smallest absolute Gasteiger partial charge is 0.255 e. The van der Waals surface area contributed by atoms with Crippen molar-refractivity contribution in [1.82, 2.24) is 20.4 Å². The standard InChI is InChI=1S/C40H52N4O5/c1-27(2)23-31-26-49-36-20-14-13-19-33(36)38(46)42-34(25-37(45)44(6)35(24-28(3)4)40(48)43(31)5)39(47)41-22-21-32(29-15-9-7-10-16-29)30-17-11-8-12-18-30/h7-20,27-28,31-32,34-35H,21-26H2,1-6H3,(H,41,47)(H,42,46)/t31-,34+,35+/m1/s1. The predicted octanol–water partition coefficient (Wildman–Crippen LogP) is 5.65. The number of para-hydroxylation sites is 1. The van der Waals surface area contributed by atoms with Crippen LogP contribution in [0.2, 0.25) is 0 Å². The fourth-order valence-corrected chi connectivity index (χ4v) is 6.43. The predicted molar refractivity (Wildman–Crippen MR) is 192 cm³/mol. The van der Waals surface area contributed by atoms with Gasteiger partial charge < -0.3 is 25.2 Å². The summed E-state index contributed by atoms with van der Waals surface area (Å²) >= 11 is 0. The third-order valence-electron chi connectivity index (χ3n) is 9.18.